The number of hydrogen-bond acceptors (Lipinski definition) is 2. The number of hydrogen-bond donors (Lipinski definition) is 1. The van der Waals surface area contributed by atoms with Gasteiger partial charge < -0.3 is 15.0 Å². The predicted molar refractivity (Wildman–Crippen MR) is 101 cm³/mol. The Kier molecular flexibility index (Phi) is 6.18. The van der Waals surface area contributed by atoms with E-state index in [1.54, 1.807) is 6.08 Å². The zero-order valence-electron chi connectivity index (χ0n) is 13.6. The smallest absolute Gasteiger partial charge is 0.173 e. The molecule has 2 rings (SSSR count). The molecular formula is C19H22N2OS. The van der Waals surface area contributed by atoms with Gasteiger partial charge in [-0.25, -0.2) is 0 Å². The fraction of sp³-hybridized carbons (Fsp3) is 0.211. The second-order valence-electron chi connectivity index (χ2n) is 5.40. The summed E-state index contributed by atoms with van der Waals surface area (Å²) in [5.74, 6) is 0.844. The van der Waals surface area contributed by atoms with Gasteiger partial charge in [0.2, 0.25) is 0 Å². The van der Waals surface area contributed by atoms with E-state index in [-0.39, 0.29) is 0 Å². The topological polar surface area (TPSA) is 24.5 Å². The monoisotopic (exact) mass is 326 g/mol. The van der Waals surface area contributed by atoms with Gasteiger partial charge in [-0.05, 0) is 49.0 Å². The summed E-state index contributed by atoms with van der Waals surface area (Å²) in [6.45, 7) is 6.96. The minimum atomic E-state index is 0.518. The number of benzene rings is 2. The molecule has 120 valence electrons. The summed E-state index contributed by atoms with van der Waals surface area (Å²) in [5, 5.41) is 3.95. The van der Waals surface area contributed by atoms with Crippen LogP contribution in [0.25, 0.3) is 0 Å². The lowest BCUT2D eigenvalue weighted by Gasteiger charge is -2.21. The fourth-order valence-corrected chi connectivity index (χ4v) is 2.23. The lowest BCUT2D eigenvalue weighted by Crippen LogP contribution is -2.30. The Balaban J connectivity index is 1.89. The van der Waals surface area contributed by atoms with Crippen molar-refractivity contribution in [3.05, 3.63) is 72.3 Å². The average Bonchev–Trinajstić information content (AvgIpc) is 2.56. The lowest BCUT2D eigenvalue weighted by molar-refractivity contribution is 0.363. The number of aryl methyl sites for hydroxylation is 1. The second kappa shape index (κ2) is 8.34. The summed E-state index contributed by atoms with van der Waals surface area (Å²) in [6, 6.07) is 16.2. The molecule has 0 unspecified atom stereocenters. The molecule has 2 aromatic carbocycles. The third-order valence-electron chi connectivity index (χ3n) is 3.36. The van der Waals surface area contributed by atoms with Gasteiger partial charge >= 0.3 is 0 Å². The summed E-state index contributed by atoms with van der Waals surface area (Å²) < 4.78 is 5.48. The van der Waals surface area contributed by atoms with Crippen molar-refractivity contribution < 1.29 is 4.74 Å². The van der Waals surface area contributed by atoms with Crippen LogP contribution in [0.3, 0.4) is 0 Å². The largest absolute Gasteiger partial charge is 0.490 e. The van der Waals surface area contributed by atoms with Crippen LogP contribution in [0, 0.1) is 6.92 Å². The maximum Gasteiger partial charge on any atom is 0.173 e. The minimum absolute atomic E-state index is 0.518. The molecule has 0 saturated carbocycles. The Labute approximate surface area is 143 Å². The van der Waals surface area contributed by atoms with Crippen molar-refractivity contribution in [1.82, 2.24) is 4.90 Å². The fourth-order valence-electron chi connectivity index (χ4n) is 2.05. The molecule has 3 nitrogen and oxygen atoms in total. The van der Waals surface area contributed by atoms with Crippen molar-refractivity contribution in [3.8, 4) is 5.75 Å². The van der Waals surface area contributed by atoms with E-state index in [9.17, 15) is 0 Å². The quantitative estimate of drug-likeness (QED) is 0.628. The molecular weight excluding hydrogens is 304 g/mol. The molecule has 23 heavy (non-hydrogen) atoms. The summed E-state index contributed by atoms with van der Waals surface area (Å²) in [6.07, 6.45) is 1.73. The van der Waals surface area contributed by atoms with Gasteiger partial charge in [-0.1, -0.05) is 42.5 Å². The average molecular weight is 326 g/mol. The van der Waals surface area contributed by atoms with Crippen LogP contribution < -0.4 is 10.1 Å². The van der Waals surface area contributed by atoms with Crippen molar-refractivity contribution in [3.63, 3.8) is 0 Å². The first kappa shape index (κ1) is 17.0. The van der Waals surface area contributed by atoms with Crippen molar-refractivity contribution in [2.24, 2.45) is 0 Å². The number of nitrogens with one attached hydrogen (secondary N) is 1. The van der Waals surface area contributed by atoms with Gasteiger partial charge in [0, 0.05) is 19.3 Å². The van der Waals surface area contributed by atoms with Crippen molar-refractivity contribution >= 4 is 23.0 Å². The SMILES string of the molecule is C=CCOc1ccc(CN(C)C(=S)Nc2ccc(C)cc2)cc1. The first-order valence-corrected chi connectivity index (χ1v) is 7.91. The highest BCUT2D eigenvalue weighted by atomic mass is 32.1. The third-order valence-corrected chi connectivity index (χ3v) is 3.77. The Morgan fingerprint density at radius 2 is 1.83 bits per heavy atom. The molecule has 0 radical (unpaired) electrons. The molecule has 0 bridgehead atoms. The Morgan fingerprint density at radius 1 is 1.17 bits per heavy atom. The van der Waals surface area contributed by atoms with Gasteiger partial charge in [-0.15, -0.1) is 0 Å². The number of nitrogens with zero attached hydrogens (tertiary/aromatic N) is 1. The highest BCUT2D eigenvalue weighted by molar-refractivity contribution is 7.80. The standard InChI is InChI=1S/C19H22N2OS/c1-4-13-22-18-11-7-16(8-12-18)14-21(3)19(23)20-17-9-5-15(2)6-10-17/h4-12H,1,13-14H2,2-3H3,(H,20,23). The van der Waals surface area contributed by atoms with Crippen LogP contribution in [0.4, 0.5) is 5.69 Å². The molecule has 0 aromatic heterocycles. The van der Waals surface area contributed by atoms with E-state index in [0.717, 1.165) is 18.0 Å². The Hall–Kier alpha value is -2.33. The van der Waals surface area contributed by atoms with Crippen LogP contribution in [0.1, 0.15) is 11.1 Å². The van der Waals surface area contributed by atoms with Gasteiger partial charge in [-0.2, -0.15) is 0 Å². The Bertz CT molecular complexity index is 650. The molecule has 0 spiro atoms. The van der Waals surface area contributed by atoms with Crippen LogP contribution in [0.5, 0.6) is 5.75 Å². The maximum absolute atomic E-state index is 5.48. The molecule has 1 N–H and O–H groups in total. The van der Waals surface area contributed by atoms with Crippen LogP contribution in [-0.2, 0) is 6.54 Å². The molecule has 0 amide bonds. The van der Waals surface area contributed by atoms with E-state index in [0.29, 0.717) is 11.7 Å². The predicted octanol–water partition coefficient (Wildman–Crippen LogP) is 4.39. The summed E-state index contributed by atoms with van der Waals surface area (Å²) in [4.78, 5) is 2.01. The highest BCUT2D eigenvalue weighted by Gasteiger charge is 2.06. The molecule has 0 heterocycles. The molecule has 0 aliphatic carbocycles. The number of thiocarbonyl (C=S) groups is 1. The van der Waals surface area contributed by atoms with E-state index in [1.165, 1.54) is 11.1 Å². The van der Waals surface area contributed by atoms with Crippen LogP contribution in [-0.4, -0.2) is 23.7 Å². The van der Waals surface area contributed by atoms with Crippen molar-refractivity contribution in [2.75, 3.05) is 19.0 Å². The van der Waals surface area contributed by atoms with E-state index in [2.05, 4.69) is 31.0 Å². The van der Waals surface area contributed by atoms with E-state index >= 15 is 0 Å². The van der Waals surface area contributed by atoms with Crippen LogP contribution >= 0.6 is 12.2 Å². The van der Waals surface area contributed by atoms with Gasteiger partial charge in [-0.3, -0.25) is 0 Å². The highest BCUT2D eigenvalue weighted by Crippen LogP contribution is 2.14. The Morgan fingerprint density at radius 3 is 2.43 bits per heavy atom. The van der Waals surface area contributed by atoms with Crippen LogP contribution in [0.15, 0.2) is 61.2 Å². The summed E-state index contributed by atoms with van der Waals surface area (Å²) in [7, 11) is 1.98. The molecule has 0 aliphatic heterocycles. The number of ether oxygens (including phenoxy) is 1. The molecule has 0 atom stereocenters. The lowest BCUT2D eigenvalue weighted by atomic mass is 10.2. The normalized spacial score (nSPS) is 10.0. The molecule has 0 saturated heterocycles. The summed E-state index contributed by atoms with van der Waals surface area (Å²) >= 11 is 5.45. The minimum Gasteiger partial charge on any atom is -0.490 e. The number of rotatable bonds is 6. The molecule has 0 fully saturated rings. The molecule has 4 heteroatoms. The van der Waals surface area contributed by atoms with Crippen molar-refractivity contribution in [1.29, 1.82) is 0 Å². The van der Waals surface area contributed by atoms with Crippen molar-refractivity contribution in [2.45, 2.75) is 13.5 Å². The first-order valence-electron chi connectivity index (χ1n) is 7.50. The van der Waals surface area contributed by atoms with Gasteiger partial charge in [0.1, 0.15) is 12.4 Å². The van der Waals surface area contributed by atoms with Gasteiger partial charge in [0.15, 0.2) is 5.11 Å². The third kappa shape index (κ3) is 5.42. The first-order chi connectivity index (χ1) is 11.1. The van der Waals surface area contributed by atoms with Gasteiger partial charge in [0.05, 0.1) is 0 Å². The van der Waals surface area contributed by atoms with E-state index in [1.807, 2.05) is 48.3 Å². The maximum atomic E-state index is 5.48. The van der Waals surface area contributed by atoms with E-state index in [4.69, 9.17) is 17.0 Å². The van der Waals surface area contributed by atoms with E-state index < -0.39 is 0 Å². The molecule has 2 aromatic rings. The van der Waals surface area contributed by atoms with Crippen LogP contribution in [0.2, 0.25) is 0 Å². The summed E-state index contributed by atoms with van der Waals surface area (Å²) in [5.41, 5.74) is 3.40. The second-order valence-corrected chi connectivity index (χ2v) is 5.78. The molecule has 0 aliphatic rings. The zero-order chi connectivity index (χ0) is 16.7. The number of anilines is 1. The zero-order valence-corrected chi connectivity index (χ0v) is 14.4. The van der Waals surface area contributed by atoms with Gasteiger partial charge in [0.25, 0.3) is 0 Å².